The summed E-state index contributed by atoms with van der Waals surface area (Å²) in [5.41, 5.74) is 2.99. The highest BCUT2D eigenvalue weighted by molar-refractivity contribution is 5.73. The summed E-state index contributed by atoms with van der Waals surface area (Å²) in [5, 5.41) is 13.6. The third kappa shape index (κ3) is 7.46. The number of amides is 1. The van der Waals surface area contributed by atoms with Gasteiger partial charge in [-0.2, -0.15) is 0 Å². The predicted molar refractivity (Wildman–Crippen MR) is 135 cm³/mol. The summed E-state index contributed by atoms with van der Waals surface area (Å²) in [6, 6.07) is 28.6. The number of rotatable bonds is 11. The van der Waals surface area contributed by atoms with Gasteiger partial charge in [0.05, 0.1) is 26.4 Å². The zero-order valence-electron chi connectivity index (χ0n) is 20.4. The Hall–Kier alpha value is -3.07. The van der Waals surface area contributed by atoms with Crippen molar-refractivity contribution in [2.24, 2.45) is 0 Å². The summed E-state index contributed by atoms with van der Waals surface area (Å²) >= 11 is 0. The molecule has 1 aliphatic rings. The van der Waals surface area contributed by atoms with Crippen molar-refractivity contribution in [1.82, 2.24) is 5.32 Å². The Balaban J connectivity index is 1.53. The molecule has 0 spiro atoms. The average molecular weight is 492 g/mol. The highest BCUT2D eigenvalue weighted by Crippen LogP contribution is 2.27. The summed E-state index contributed by atoms with van der Waals surface area (Å²) in [6.45, 7) is 2.58. The average Bonchev–Trinajstić information content (AvgIpc) is 2.90. The molecular formula is C29H33NO6. The van der Waals surface area contributed by atoms with E-state index >= 15 is 0 Å². The van der Waals surface area contributed by atoms with Crippen molar-refractivity contribution in [1.29, 1.82) is 0 Å². The first kappa shape index (κ1) is 26.0. The third-order valence-electron chi connectivity index (χ3n) is 6.00. The minimum absolute atomic E-state index is 0.184. The lowest BCUT2D eigenvalue weighted by Crippen LogP contribution is -2.65. The van der Waals surface area contributed by atoms with E-state index in [2.05, 4.69) is 5.32 Å². The Morgan fingerprint density at radius 3 is 1.75 bits per heavy atom. The van der Waals surface area contributed by atoms with Gasteiger partial charge in [0.25, 0.3) is 0 Å². The summed E-state index contributed by atoms with van der Waals surface area (Å²) < 4.78 is 24.6. The zero-order valence-corrected chi connectivity index (χ0v) is 20.4. The smallest absolute Gasteiger partial charge is 0.217 e. The van der Waals surface area contributed by atoms with E-state index in [-0.39, 0.29) is 19.1 Å². The van der Waals surface area contributed by atoms with Crippen LogP contribution in [0, 0.1) is 0 Å². The molecule has 0 aromatic heterocycles. The van der Waals surface area contributed by atoms with Crippen LogP contribution in [0.25, 0.3) is 0 Å². The van der Waals surface area contributed by atoms with E-state index in [4.69, 9.17) is 18.9 Å². The molecule has 1 saturated heterocycles. The lowest BCUT2D eigenvalue weighted by molar-refractivity contribution is -0.277. The Labute approximate surface area is 212 Å². The van der Waals surface area contributed by atoms with Crippen LogP contribution in [0.5, 0.6) is 0 Å². The molecule has 1 aliphatic heterocycles. The number of aliphatic hydroxyl groups excluding tert-OH is 1. The molecule has 7 nitrogen and oxygen atoms in total. The molecule has 1 fully saturated rings. The van der Waals surface area contributed by atoms with E-state index in [9.17, 15) is 9.90 Å². The van der Waals surface area contributed by atoms with Crippen LogP contribution in [0.4, 0.5) is 0 Å². The van der Waals surface area contributed by atoms with Gasteiger partial charge < -0.3 is 29.4 Å². The Morgan fingerprint density at radius 2 is 1.25 bits per heavy atom. The predicted octanol–water partition coefficient (Wildman–Crippen LogP) is 3.60. The van der Waals surface area contributed by atoms with E-state index in [1.54, 1.807) is 0 Å². The summed E-state index contributed by atoms with van der Waals surface area (Å²) in [6.07, 6.45) is -3.17. The van der Waals surface area contributed by atoms with E-state index in [0.717, 1.165) is 16.7 Å². The van der Waals surface area contributed by atoms with Gasteiger partial charge in [-0.05, 0) is 16.7 Å². The van der Waals surface area contributed by atoms with Gasteiger partial charge in [-0.25, -0.2) is 0 Å². The number of ether oxygens (including phenoxy) is 4. The quantitative estimate of drug-likeness (QED) is 0.426. The van der Waals surface area contributed by atoms with E-state index < -0.39 is 30.6 Å². The molecule has 0 unspecified atom stereocenters. The molecule has 3 aromatic rings. The van der Waals surface area contributed by atoms with Gasteiger partial charge in [0.15, 0.2) is 6.29 Å². The molecule has 36 heavy (non-hydrogen) atoms. The molecule has 4 rings (SSSR count). The first-order valence-electron chi connectivity index (χ1n) is 12.1. The molecule has 5 atom stereocenters. The van der Waals surface area contributed by atoms with Crippen LogP contribution >= 0.6 is 0 Å². The number of nitrogens with one attached hydrogen (secondary N) is 1. The van der Waals surface area contributed by atoms with Gasteiger partial charge in [-0.1, -0.05) is 91.0 Å². The fourth-order valence-electron chi connectivity index (χ4n) is 4.24. The highest BCUT2D eigenvalue weighted by Gasteiger charge is 2.47. The molecule has 7 heteroatoms. The molecule has 1 amide bonds. The van der Waals surface area contributed by atoms with Crippen LogP contribution in [0.3, 0.4) is 0 Å². The first-order valence-corrected chi connectivity index (χ1v) is 12.1. The molecule has 0 bridgehead atoms. The maximum atomic E-state index is 12.0. The molecule has 2 N–H and O–H groups in total. The second-order valence-electron chi connectivity index (χ2n) is 8.81. The number of hydrogen-bond donors (Lipinski definition) is 2. The lowest BCUT2D eigenvalue weighted by Gasteiger charge is -2.44. The Kier molecular flexibility index (Phi) is 9.61. The molecule has 0 radical (unpaired) electrons. The Morgan fingerprint density at radius 1 is 0.778 bits per heavy atom. The van der Waals surface area contributed by atoms with Crippen molar-refractivity contribution >= 4 is 5.91 Å². The summed E-state index contributed by atoms with van der Waals surface area (Å²) in [4.78, 5) is 12.0. The summed E-state index contributed by atoms with van der Waals surface area (Å²) in [7, 11) is 0. The van der Waals surface area contributed by atoms with Crippen LogP contribution in [0.15, 0.2) is 91.0 Å². The van der Waals surface area contributed by atoms with Crippen LogP contribution in [0.1, 0.15) is 23.6 Å². The third-order valence-corrected chi connectivity index (χ3v) is 6.00. The van der Waals surface area contributed by atoms with Gasteiger partial charge in [0.1, 0.15) is 24.4 Å². The monoisotopic (exact) mass is 491 g/mol. The summed E-state index contributed by atoms with van der Waals surface area (Å²) in [5.74, 6) is -0.295. The molecule has 0 saturated carbocycles. The lowest BCUT2D eigenvalue weighted by atomic mass is 9.96. The SMILES string of the molecule is CC(=O)N[C@H]1[C@H](OCc2ccccc2)[C@H](OCc2ccccc2)[C@@H](COCc2ccccc2)O[C@H]1O. The second-order valence-corrected chi connectivity index (χ2v) is 8.81. The van der Waals surface area contributed by atoms with Crippen LogP contribution in [0.2, 0.25) is 0 Å². The Bertz CT molecular complexity index is 1050. The number of carbonyl (C=O) groups is 1. The van der Waals surface area contributed by atoms with Crippen molar-refractivity contribution in [3.05, 3.63) is 108 Å². The molecule has 1 heterocycles. The number of hydrogen-bond acceptors (Lipinski definition) is 6. The van der Waals surface area contributed by atoms with Gasteiger partial charge in [0, 0.05) is 6.92 Å². The zero-order chi connectivity index (χ0) is 25.2. The number of carbonyl (C=O) groups excluding carboxylic acids is 1. The topological polar surface area (TPSA) is 86.3 Å². The minimum Gasteiger partial charge on any atom is -0.374 e. The maximum Gasteiger partial charge on any atom is 0.217 e. The van der Waals surface area contributed by atoms with E-state index in [1.807, 2.05) is 91.0 Å². The molecule has 0 aliphatic carbocycles. The highest BCUT2D eigenvalue weighted by atomic mass is 16.7. The van der Waals surface area contributed by atoms with Crippen molar-refractivity contribution in [3.63, 3.8) is 0 Å². The van der Waals surface area contributed by atoms with Crippen LogP contribution < -0.4 is 5.32 Å². The minimum atomic E-state index is -1.28. The molecule has 190 valence electrons. The van der Waals surface area contributed by atoms with Crippen LogP contribution in [-0.2, 0) is 43.6 Å². The van der Waals surface area contributed by atoms with Crippen molar-refractivity contribution in [2.45, 2.75) is 57.4 Å². The first-order chi connectivity index (χ1) is 17.6. The van der Waals surface area contributed by atoms with Gasteiger partial charge in [-0.15, -0.1) is 0 Å². The number of benzene rings is 3. The fraction of sp³-hybridized carbons (Fsp3) is 0.345. The number of aliphatic hydroxyl groups is 1. The largest absolute Gasteiger partial charge is 0.374 e. The van der Waals surface area contributed by atoms with Crippen molar-refractivity contribution in [3.8, 4) is 0 Å². The van der Waals surface area contributed by atoms with Gasteiger partial charge >= 0.3 is 0 Å². The van der Waals surface area contributed by atoms with Gasteiger partial charge in [0.2, 0.25) is 5.91 Å². The van der Waals surface area contributed by atoms with Crippen LogP contribution in [-0.4, -0.2) is 48.3 Å². The van der Waals surface area contributed by atoms with E-state index in [0.29, 0.717) is 13.2 Å². The second kappa shape index (κ2) is 13.3. The molecular weight excluding hydrogens is 458 g/mol. The molecule has 3 aromatic carbocycles. The van der Waals surface area contributed by atoms with Gasteiger partial charge in [-0.3, -0.25) is 4.79 Å². The van der Waals surface area contributed by atoms with E-state index in [1.165, 1.54) is 6.92 Å². The van der Waals surface area contributed by atoms with Crippen molar-refractivity contribution < 1.29 is 28.8 Å². The maximum absolute atomic E-state index is 12.0. The van der Waals surface area contributed by atoms with Crippen molar-refractivity contribution in [2.75, 3.05) is 6.61 Å². The fourth-order valence-corrected chi connectivity index (χ4v) is 4.24. The normalized spacial score (nSPS) is 23.8. The standard InChI is InChI=1S/C29H33NO6/c1-21(31)30-26-28(35-19-24-15-9-4-10-16-24)27(34-18-23-13-7-3-8-14-23)25(36-29(26)32)20-33-17-22-11-5-2-6-12-22/h2-16,25-29,32H,17-20H2,1H3,(H,30,31)/t25-,26+,27-,28+,29-/m1/s1.